The Hall–Kier alpha value is -1.84. The van der Waals surface area contributed by atoms with Gasteiger partial charge < -0.3 is 9.80 Å². The number of nitrogens with zero attached hydrogens (tertiary/aromatic N) is 2. The minimum Gasteiger partial charge on any atom is -0.345 e. The minimum absolute atomic E-state index is 0.000284. The molecule has 0 saturated carbocycles. The van der Waals surface area contributed by atoms with E-state index in [1.54, 1.807) is 19.0 Å². The van der Waals surface area contributed by atoms with Crippen LogP contribution in [0.2, 0.25) is 0 Å². The first-order valence-electron chi connectivity index (χ1n) is 8.08. The molecule has 0 fully saturated rings. The lowest BCUT2D eigenvalue weighted by Crippen LogP contribution is -2.32. The molecule has 122 valence electrons. The monoisotopic (exact) mass is 304 g/mol. The van der Waals surface area contributed by atoms with E-state index in [0.717, 1.165) is 37.9 Å². The number of rotatable bonds is 8. The molecule has 0 atom stereocenters. The maximum absolute atomic E-state index is 12.2. The molecule has 0 bridgehead atoms. The number of carbonyl (C=O) groups excluding carboxylic acids is 2. The van der Waals surface area contributed by atoms with E-state index in [1.165, 1.54) is 0 Å². The van der Waals surface area contributed by atoms with E-state index in [2.05, 4.69) is 13.8 Å². The second kappa shape index (κ2) is 9.23. The van der Waals surface area contributed by atoms with Gasteiger partial charge in [0.15, 0.2) is 0 Å². The third-order valence-electron chi connectivity index (χ3n) is 3.57. The van der Waals surface area contributed by atoms with Gasteiger partial charge in [0.2, 0.25) is 5.91 Å². The largest absolute Gasteiger partial charge is 0.345 e. The number of hydrogen-bond donors (Lipinski definition) is 0. The molecule has 0 aromatic heterocycles. The van der Waals surface area contributed by atoms with Crippen molar-refractivity contribution < 1.29 is 9.59 Å². The summed E-state index contributed by atoms with van der Waals surface area (Å²) in [6.07, 6.45) is 3.24. The molecule has 4 heteroatoms. The summed E-state index contributed by atoms with van der Waals surface area (Å²) >= 11 is 0. The Labute approximate surface area is 134 Å². The number of benzene rings is 1. The average Bonchev–Trinajstić information content (AvgIpc) is 2.52. The second-order valence-corrected chi connectivity index (χ2v) is 5.78. The van der Waals surface area contributed by atoms with Gasteiger partial charge >= 0.3 is 0 Å². The normalized spacial score (nSPS) is 10.4. The zero-order valence-electron chi connectivity index (χ0n) is 14.3. The van der Waals surface area contributed by atoms with Crippen LogP contribution in [0.25, 0.3) is 0 Å². The van der Waals surface area contributed by atoms with E-state index in [0.29, 0.717) is 12.0 Å². The predicted octanol–water partition coefficient (Wildman–Crippen LogP) is 2.97. The number of hydrogen-bond acceptors (Lipinski definition) is 2. The molecule has 0 radical (unpaired) electrons. The van der Waals surface area contributed by atoms with Gasteiger partial charge in [-0.05, 0) is 37.0 Å². The predicted molar refractivity (Wildman–Crippen MR) is 89.9 cm³/mol. The quantitative estimate of drug-likeness (QED) is 0.741. The summed E-state index contributed by atoms with van der Waals surface area (Å²) in [5, 5.41) is 0. The fourth-order valence-electron chi connectivity index (χ4n) is 2.38. The zero-order chi connectivity index (χ0) is 16.5. The van der Waals surface area contributed by atoms with Crippen molar-refractivity contribution in [1.29, 1.82) is 0 Å². The molecular weight excluding hydrogens is 276 g/mol. The lowest BCUT2D eigenvalue weighted by atomic mass is 10.1. The van der Waals surface area contributed by atoms with Crippen molar-refractivity contribution in [2.75, 3.05) is 27.2 Å². The van der Waals surface area contributed by atoms with Crippen molar-refractivity contribution >= 4 is 11.8 Å². The summed E-state index contributed by atoms with van der Waals surface area (Å²) in [5.74, 6) is 0.219. The smallest absolute Gasteiger partial charge is 0.253 e. The molecule has 4 nitrogen and oxygen atoms in total. The van der Waals surface area contributed by atoms with Crippen molar-refractivity contribution in [1.82, 2.24) is 9.80 Å². The van der Waals surface area contributed by atoms with E-state index < -0.39 is 0 Å². The maximum Gasteiger partial charge on any atom is 0.253 e. The lowest BCUT2D eigenvalue weighted by Gasteiger charge is -2.21. The van der Waals surface area contributed by atoms with Gasteiger partial charge in [-0.3, -0.25) is 9.59 Å². The van der Waals surface area contributed by atoms with Crippen LogP contribution in [0.5, 0.6) is 0 Å². The van der Waals surface area contributed by atoms with Crippen LogP contribution in [0, 0.1) is 0 Å². The Morgan fingerprint density at radius 2 is 1.50 bits per heavy atom. The molecule has 0 saturated heterocycles. The SMILES string of the molecule is CCCN(CCC)C(=O)CCc1ccc(C(=O)N(C)C)cc1. The van der Waals surface area contributed by atoms with Crippen molar-refractivity contribution in [2.24, 2.45) is 0 Å². The molecule has 0 heterocycles. The van der Waals surface area contributed by atoms with E-state index in [4.69, 9.17) is 0 Å². The van der Waals surface area contributed by atoms with Gasteiger partial charge in [-0.2, -0.15) is 0 Å². The molecule has 1 aromatic rings. The average molecular weight is 304 g/mol. The van der Waals surface area contributed by atoms with Gasteiger partial charge in [0, 0.05) is 39.2 Å². The summed E-state index contributed by atoms with van der Waals surface area (Å²) in [5.41, 5.74) is 1.77. The van der Waals surface area contributed by atoms with E-state index >= 15 is 0 Å². The maximum atomic E-state index is 12.2. The van der Waals surface area contributed by atoms with Crippen LogP contribution < -0.4 is 0 Å². The molecule has 2 amide bonds. The van der Waals surface area contributed by atoms with Gasteiger partial charge in [-0.15, -0.1) is 0 Å². The van der Waals surface area contributed by atoms with Crippen LogP contribution in [0.1, 0.15) is 49.0 Å². The highest BCUT2D eigenvalue weighted by molar-refractivity contribution is 5.93. The molecule has 0 N–H and O–H groups in total. The highest BCUT2D eigenvalue weighted by Crippen LogP contribution is 2.10. The fourth-order valence-corrected chi connectivity index (χ4v) is 2.38. The molecule has 0 unspecified atom stereocenters. The summed E-state index contributed by atoms with van der Waals surface area (Å²) in [6, 6.07) is 7.54. The van der Waals surface area contributed by atoms with E-state index in [9.17, 15) is 9.59 Å². The van der Waals surface area contributed by atoms with Gasteiger partial charge in [-0.25, -0.2) is 0 Å². The molecule has 0 aliphatic carbocycles. The summed E-state index contributed by atoms with van der Waals surface area (Å²) in [6.45, 7) is 5.86. The van der Waals surface area contributed by atoms with Gasteiger partial charge in [0.1, 0.15) is 0 Å². The third kappa shape index (κ3) is 5.51. The van der Waals surface area contributed by atoms with Crippen LogP contribution in [0.15, 0.2) is 24.3 Å². The van der Waals surface area contributed by atoms with Crippen LogP contribution in [-0.4, -0.2) is 48.8 Å². The van der Waals surface area contributed by atoms with E-state index in [1.807, 2.05) is 29.2 Å². The standard InChI is InChI=1S/C18H28N2O2/c1-5-13-20(14-6-2)17(21)12-9-15-7-10-16(11-8-15)18(22)19(3)4/h7-8,10-11H,5-6,9,12-14H2,1-4H3. The van der Waals surface area contributed by atoms with Crippen molar-refractivity contribution in [3.8, 4) is 0 Å². The van der Waals surface area contributed by atoms with Crippen molar-refractivity contribution in [2.45, 2.75) is 39.5 Å². The summed E-state index contributed by atoms with van der Waals surface area (Å²) in [4.78, 5) is 27.6. The molecule has 0 aliphatic heterocycles. The summed E-state index contributed by atoms with van der Waals surface area (Å²) < 4.78 is 0. The van der Waals surface area contributed by atoms with Crippen molar-refractivity contribution in [3.05, 3.63) is 35.4 Å². The number of aryl methyl sites for hydroxylation is 1. The first-order valence-corrected chi connectivity index (χ1v) is 8.08. The second-order valence-electron chi connectivity index (χ2n) is 5.78. The van der Waals surface area contributed by atoms with Gasteiger partial charge in [0.25, 0.3) is 5.91 Å². The van der Waals surface area contributed by atoms with Gasteiger partial charge in [0.05, 0.1) is 0 Å². The Balaban J connectivity index is 2.57. The number of carbonyl (C=O) groups is 2. The number of amides is 2. The van der Waals surface area contributed by atoms with Crippen LogP contribution in [0.3, 0.4) is 0 Å². The molecule has 0 aliphatic rings. The highest BCUT2D eigenvalue weighted by Gasteiger charge is 2.12. The Kier molecular flexibility index (Phi) is 7.64. The minimum atomic E-state index is -0.000284. The van der Waals surface area contributed by atoms with Crippen LogP contribution >= 0.6 is 0 Å². The van der Waals surface area contributed by atoms with Gasteiger partial charge in [-0.1, -0.05) is 26.0 Å². The first-order chi connectivity index (χ1) is 10.5. The van der Waals surface area contributed by atoms with E-state index in [-0.39, 0.29) is 11.8 Å². The Morgan fingerprint density at radius 1 is 0.955 bits per heavy atom. The third-order valence-corrected chi connectivity index (χ3v) is 3.57. The summed E-state index contributed by atoms with van der Waals surface area (Å²) in [7, 11) is 3.48. The molecule has 1 aromatic carbocycles. The highest BCUT2D eigenvalue weighted by atomic mass is 16.2. The van der Waals surface area contributed by atoms with Crippen molar-refractivity contribution in [3.63, 3.8) is 0 Å². The van der Waals surface area contributed by atoms with Crippen LogP contribution in [-0.2, 0) is 11.2 Å². The molecule has 0 spiro atoms. The lowest BCUT2D eigenvalue weighted by molar-refractivity contribution is -0.131. The Bertz CT molecular complexity index is 474. The molecular formula is C18H28N2O2. The topological polar surface area (TPSA) is 40.6 Å². The molecule has 1 rings (SSSR count). The molecule has 22 heavy (non-hydrogen) atoms. The Morgan fingerprint density at radius 3 is 1.95 bits per heavy atom. The zero-order valence-corrected chi connectivity index (χ0v) is 14.3. The fraction of sp³-hybridized carbons (Fsp3) is 0.556. The van der Waals surface area contributed by atoms with Crippen LogP contribution in [0.4, 0.5) is 0 Å². The first kappa shape index (κ1) is 18.2.